The highest BCUT2D eigenvalue weighted by molar-refractivity contribution is 7.07. The predicted octanol–water partition coefficient (Wildman–Crippen LogP) is 3.81. The van der Waals surface area contributed by atoms with E-state index in [4.69, 9.17) is 0 Å². The summed E-state index contributed by atoms with van der Waals surface area (Å²) in [4.78, 5) is 18.8. The van der Waals surface area contributed by atoms with Gasteiger partial charge in [-0.15, -0.1) is 11.3 Å². The lowest BCUT2D eigenvalue weighted by molar-refractivity contribution is -0.384. The molecule has 132 valence electrons. The highest BCUT2D eigenvalue weighted by atomic mass is 32.1. The van der Waals surface area contributed by atoms with Crippen molar-refractivity contribution in [3.8, 4) is 11.3 Å². The van der Waals surface area contributed by atoms with Gasteiger partial charge in [0.25, 0.3) is 5.69 Å². The van der Waals surface area contributed by atoms with E-state index in [1.807, 2.05) is 30.6 Å². The third-order valence-corrected chi connectivity index (χ3v) is 4.33. The molecule has 3 rings (SSSR count). The molecule has 7 nitrogen and oxygen atoms in total. The summed E-state index contributed by atoms with van der Waals surface area (Å²) in [6.07, 6.45) is 3.53. The topological polar surface area (TPSA) is 88.6 Å². The maximum Gasteiger partial charge on any atom is 0.269 e. The molecule has 8 heteroatoms. The number of nitro groups is 1. The van der Waals surface area contributed by atoms with Crippen LogP contribution >= 0.6 is 11.3 Å². The number of non-ortho nitro benzene ring substituents is 1. The van der Waals surface area contributed by atoms with Crippen LogP contribution in [0.3, 0.4) is 0 Å². The Morgan fingerprint density at radius 2 is 2.15 bits per heavy atom. The predicted molar refractivity (Wildman–Crippen MR) is 103 cm³/mol. The first-order valence-electron chi connectivity index (χ1n) is 7.82. The van der Waals surface area contributed by atoms with Crippen LogP contribution in [0.25, 0.3) is 11.3 Å². The Kier molecular flexibility index (Phi) is 5.23. The number of aromatic amines is 1. The van der Waals surface area contributed by atoms with Gasteiger partial charge < -0.3 is 4.98 Å². The fraction of sp³-hybridized carbons (Fsp3) is 0.111. The molecule has 0 radical (unpaired) electrons. The molecule has 0 atom stereocenters. The van der Waals surface area contributed by atoms with E-state index in [0.29, 0.717) is 6.54 Å². The third kappa shape index (κ3) is 4.04. The molecule has 2 heterocycles. The van der Waals surface area contributed by atoms with Gasteiger partial charge in [0, 0.05) is 29.3 Å². The quantitative estimate of drug-likeness (QED) is 0.311. The average Bonchev–Trinajstić information content (AvgIpc) is 3.27. The highest BCUT2D eigenvalue weighted by Gasteiger charge is 2.10. The zero-order chi connectivity index (χ0) is 18.5. The van der Waals surface area contributed by atoms with Crippen molar-refractivity contribution in [1.29, 1.82) is 0 Å². The van der Waals surface area contributed by atoms with Gasteiger partial charge in [0.05, 0.1) is 29.1 Å². The number of rotatable bonds is 6. The highest BCUT2D eigenvalue weighted by Crippen LogP contribution is 2.23. The molecule has 0 unspecified atom stereocenters. The zero-order valence-corrected chi connectivity index (χ0v) is 14.9. The standard InChI is InChI=1S/C18H17N5O2S/c1-13(2)10-20-18-22(21-11-15-4-3-9-19-15)17(12-26-18)14-5-7-16(8-6-14)23(24)25/h3-9,11-12,19H,1,10H2,2H3. The molecular formula is C18H17N5O2S. The van der Waals surface area contributed by atoms with Gasteiger partial charge in [-0.25, -0.2) is 4.68 Å². The van der Waals surface area contributed by atoms with Gasteiger partial charge in [-0.05, 0) is 31.2 Å². The van der Waals surface area contributed by atoms with Crippen LogP contribution in [-0.4, -0.2) is 27.3 Å². The largest absolute Gasteiger partial charge is 0.360 e. The number of thiazole rings is 1. The van der Waals surface area contributed by atoms with Crippen LogP contribution in [0.1, 0.15) is 12.6 Å². The van der Waals surface area contributed by atoms with Crippen molar-refractivity contribution in [3.63, 3.8) is 0 Å². The van der Waals surface area contributed by atoms with Crippen molar-refractivity contribution in [2.45, 2.75) is 6.92 Å². The van der Waals surface area contributed by atoms with Crippen molar-refractivity contribution in [1.82, 2.24) is 9.66 Å². The molecule has 0 aliphatic heterocycles. The first kappa shape index (κ1) is 17.6. The minimum Gasteiger partial charge on any atom is -0.360 e. The molecule has 0 spiro atoms. The number of hydrogen-bond acceptors (Lipinski definition) is 5. The van der Waals surface area contributed by atoms with E-state index in [2.05, 4.69) is 21.7 Å². The molecule has 0 amide bonds. The van der Waals surface area contributed by atoms with Crippen LogP contribution in [-0.2, 0) is 0 Å². The Morgan fingerprint density at radius 1 is 1.38 bits per heavy atom. The zero-order valence-electron chi connectivity index (χ0n) is 14.1. The summed E-state index contributed by atoms with van der Waals surface area (Å²) in [5, 5.41) is 17.3. The minimum absolute atomic E-state index is 0.0533. The van der Waals surface area contributed by atoms with Gasteiger partial charge in [0.2, 0.25) is 4.80 Å². The van der Waals surface area contributed by atoms with Crippen LogP contribution in [0.4, 0.5) is 5.69 Å². The number of nitro benzene ring substituents is 1. The Bertz CT molecular complexity index is 1010. The monoisotopic (exact) mass is 367 g/mol. The van der Waals surface area contributed by atoms with E-state index >= 15 is 0 Å². The van der Waals surface area contributed by atoms with Gasteiger partial charge in [0.1, 0.15) is 0 Å². The Balaban J connectivity index is 2.05. The Morgan fingerprint density at radius 3 is 2.77 bits per heavy atom. The molecule has 0 saturated heterocycles. The summed E-state index contributed by atoms with van der Waals surface area (Å²) in [6.45, 7) is 6.30. The van der Waals surface area contributed by atoms with Crippen molar-refractivity contribution >= 4 is 23.2 Å². The van der Waals surface area contributed by atoms with E-state index in [-0.39, 0.29) is 5.69 Å². The second-order valence-electron chi connectivity index (χ2n) is 5.66. The number of aromatic nitrogens is 2. The number of hydrogen-bond donors (Lipinski definition) is 1. The fourth-order valence-electron chi connectivity index (χ4n) is 2.22. The molecule has 1 aromatic carbocycles. The molecule has 0 fully saturated rings. The minimum atomic E-state index is -0.414. The molecule has 3 aromatic rings. The lowest BCUT2D eigenvalue weighted by Crippen LogP contribution is -2.13. The van der Waals surface area contributed by atoms with Crippen LogP contribution in [0.5, 0.6) is 0 Å². The van der Waals surface area contributed by atoms with Gasteiger partial charge in [-0.2, -0.15) is 5.10 Å². The van der Waals surface area contributed by atoms with Crippen LogP contribution in [0.15, 0.2) is 70.2 Å². The second kappa shape index (κ2) is 7.75. The van der Waals surface area contributed by atoms with E-state index in [0.717, 1.165) is 27.3 Å². The molecule has 0 saturated carbocycles. The molecule has 2 aromatic heterocycles. The molecule has 0 aliphatic carbocycles. The fourth-order valence-corrected chi connectivity index (χ4v) is 3.06. The number of H-pyrrole nitrogens is 1. The number of nitrogens with zero attached hydrogens (tertiary/aromatic N) is 4. The van der Waals surface area contributed by atoms with E-state index < -0.39 is 4.92 Å². The lowest BCUT2D eigenvalue weighted by Gasteiger charge is -2.03. The number of benzene rings is 1. The number of nitrogens with one attached hydrogen (secondary N) is 1. The summed E-state index contributed by atoms with van der Waals surface area (Å²) in [7, 11) is 0. The van der Waals surface area contributed by atoms with Crippen molar-refractivity contribution in [2.75, 3.05) is 6.54 Å². The van der Waals surface area contributed by atoms with Gasteiger partial charge in [-0.1, -0.05) is 12.2 Å². The van der Waals surface area contributed by atoms with Crippen LogP contribution in [0, 0.1) is 10.1 Å². The summed E-state index contributed by atoms with van der Waals surface area (Å²) >= 11 is 1.46. The maximum atomic E-state index is 10.9. The summed E-state index contributed by atoms with van der Waals surface area (Å²) < 4.78 is 1.73. The molecular weight excluding hydrogens is 350 g/mol. The SMILES string of the molecule is C=C(C)CN=c1scc(-c2ccc([N+](=O)[O-])cc2)n1N=Cc1ccc[nH]1. The van der Waals surface area contributed by atoms with Crippen LogP contribution < -0.4 is 4.80 Å². The summed E-state index contributed by atoms with van der Waals surface area (Å²) in [5.74, 6) is 0. The van der Waals surface area contributed by atoms with Gasteiger partial charge >= 0.3 is 0 Å². The lowest BCUT2D eigenvalue weighted by atomic mass is 10.1. The first-order valence-corrected chi connectivity index (χ1v) is 8.70. The van der Waals surface area contributed by atoms with Crippen LogP contribution in [0.2, 0.25) is 0 Å². The van der Waals surface area contributed by atoms with E-state index in [9.17, 15) is 10.1 Å². The normalized spacial score (nSPS) is 12.0. The van der Waals surface area contributed by atoms with E-state index in [1.165, 1.54) is 23.5 Å². The molecule has 26 heavy (non-hydrogen) atoms. The molecule has 0 bridgehead atoms. The van der Waals surface area contributed by atoms with Crippen molar-refractivity contribution in [2.24, 2.45) is 10.1 Å². The Hall–Kier alpha value is -3.26. The summed E-state index contributed by atoms with van der Waals surface area (Å²) in [6, 6.07) is 10.2. The first-order chi connectivity index (χ1) is 12.5. The van der Waals surface area contributed by atoms with Crippen molar-refractivity contribution < 1.29 is 4.92 Å². The van der Waals surface area contributed by atoms with Crippen molar-refractivity contribution in [3.05, 3.63) is 80.7 Å². The van der Waals surface area contributed by atoms with Gasteiger partial charge in [-0.3, -0.25) is 15.1 Å². The molecule has 0 aliphatic rings. The average molecular weight is 367 g/mol. The third-order valence-electron chi connectivity index (χ3n) is 3.48. The molecule has 1 N–H and O–H groups in total. The smallest absolute Gasteiger partial charge is 0.269 e. The van der Waals surface area contributed by atoms with E-state index in [1.54, 1.807) is 23.0 Å². The maximum absolute atomic E-state index is 10.9. The van der Waals surface area contributed by atoms with Gasteiger partial charge in [0.15, 0.2) is 0 Å². The Labute approximate surface area is 153 Å². The second-order valence-corrected chi connectivity index (χ2v) is 6.50. The summed E-state index contributed by atoms with van der Waals surface area (Å²) in [5.41, 5.74) is 3.51.